The van der Waals surface area contributed by atoms with Gasteiger partial charge in [0, 0.05) is 6.61 Å². The second-order valence-electron chi connectivity index (χ2n) is 8.56. The number of halogens is 1. The molecule has 0 N–H and O–H groups in total. The molecule has 0 bridgehead atoms. The first-order valence-electron chi connectivity index (χ1n) is 9.80. The Morgan fingerprint density at radius 2 is 1.76 bits per heavy atom. The van der Waals surface area contributed by atoms with E-state index < -0.39 is 11.1 Å². The average Bonchev–Trinajstić information content (AvgIpc) is 2.63. The van der Waals surface area contributed by atoms with E-state index in [1.807, 2.05) is 58.9 Å². The van der Waals surface area contributed by atoms with Gasteiger partial charge in [0.15, 0.2) is 10.8 Å². The van der Waals surface area contributed by atoms with Crippen LogP contribution >= 0.6 is 11.6 Å². The maximum Gasteiger partial charge on any atom is 0.289 e. The molecule has 160 valence electrons. The Balaban J connectivity index is 1.99. The Morgan fingerprint density at radius 3 is 2.34 bits per heavy atom. The van der Waals surface area contributed by atoms with Crippen LogP contribution in [0.3, 0.4) is 0 Å². The molecule has 0 atom stereocenters. The maximum atomic E-state index is 12.4. The van der Waals surface area contributed by atoms with Crippen molar-refractivity contribution in [2.45, 2.75) is 65.7 Å². The van der Waals surface area contributed by atoms with Gasteiger partial charge in [-0.05, 0) is 58.7 Å². The van der Waals surface area contributed by atoms with Crippen molar-refractivity contribution in [2.75, 3.05) is 13.2 Å². The monoisotopic (exact) mass is 422 g/mol. The SMILES string of the molecule is CCCOCC(C)(C)Oc1ccc(COc2cnn(C(C)(C)C)c(=O)c2Cl)cc1. The Hall–Kier alpha value is -2.05. The topological polar surface area (TPSA) is 62.6 Å². The van der Waals surface area contributed by atoms with Crippen LogP contribution < -0.4 is 15.0 Å². The Bertz CT molecular complexity index is 855. The summed E-state index contributed by atoms with van der Waals surface area (Å²) >= 11 is 6.19. The molecule has 0 aliphatic heterocycles. The van der Waals surface area contributed by atoms with Crippen LogP contribution in [0.5, 0.6) is 11.5 Å². The molecule has 0 fully saturated rings. The summed E-state index contributed by atoms with van der Waals surface area (Å²) in [5.74, 6) is 1.03. The Labute approximate surface area is 177 Å². The minimum Gasteiger partial charge on any atom is -0.485 e. The minimum atomic E-state index is -0.454. The summed E-state index contributed by atoms with van der Waals surface area (Å²) in [6.07, 6.45) is 2.46. The lowest BCUT2D eigenvalue weighted by atomic mass is 10.1. The summed E-state index contributed by atoms with van der Waals surface area (Å²) in [6.45, 7) is 13.2. The molecule has 1 heterocycles. The highest BCUT2D eigenvalue weighted by Crippen LogP contribution is 2.23. The first-order valence-corrected chi connectivity index (χ1v) is 10.2. The molecule has 0 amide bonds. The van der Waals surface area contributed by atoms with Gasteiger partial charge >= 0.3 is 0 Å². The van der Waals surface area contributed by atoms with Crippen molar-refractivity contribution in [2.24, 2.45) is 0 Å². The van der Waals surface area contributed by atoms with Crippen molar-refractivity contribution in [1.82, 2.24) is 9.78 Å². The summed E-state index contributed by atoms with van der Waals surface area (Å²) in [6, 6.07) is 7.60. The number of benzene rings is 1. The predicted molar refractivity (Wildman–Crippen MR) is 115 cm³/mol. The quantitative estimate of drug-likeness (QED) is 0.542. The number of hydrogen-bond acceptors (Lipinski definition) is 5. The number of ether oxygens (including phenoxy) is 3. The molecule has 0 unspecified atom stereocenters. The third-order valence-corrected chi connectivity index (χ3v) is 4.38. The van der Waals surface area contributed by atoms with E-state index in [2.05, 4.69) is 12.0 Å². The van der Waals surface area contributed by atoms with E-state index in [0.29, 0.717) is 6.61 Å². The number of aromatic nitrogens is 2. The van der Waals surface area contributed by atoms with Crippen molar-refractivity contribution in [3.63, 3.8) is 0 Å². The zero-order valence-electron chi connectivity index (χ0n) is 18.1. The normalized spacial score (nSPS) is 12.1. The fourth-order valence-electron chi connectivity index (χ4n) is 2.62. The maximum absolute atomic E-state index is 12.4. The summed E-state index contributed by atoms with van der Waals surface area (Å²) < 4.78 is 18.7. The lowest BCUT2D eigenvalue weighted by Crippen LogP contribution is -2.36. The number of nitrogens with zero attached hydrogens (tertiary/aromatic N) is 2. The zero-order valence-corrected chi connectivity index (χ0v) is 18.9. The van der Waals surface area contributed by atoms with Crippen molar-refractivity contribution < 1.29 is 14.2 Å². The van der Waals surface area contributed by atoms with Gasteiger partial charge in [0.1, 0.15) is 18.0 Å². The molecule has 7 heteroatoms. The summed E-state index contributed by atoms with van der Waals surface area (Å²) in [4.78, 5) is 12.4. The highest BCUT2D eigenvalue weighted by Gasteiger charge is 2.21. The van der Waals surface area contributed by atoms with Crippen molar-refractivity contribution >= 4 is 11.6 Å². The van der Waals surface area contributed by atoms with Crippen LogP contribution in [-0.4, -0.2) is 28.6 Å². The molecular weight excluding hydrogens is 392 g/mol. The van der Waals surface area contributed by atoms with Gasteiger partial charge in [0.25, 0.3) is 5.56 Å². The van der Waals surface area contributed by atoms with Crippen molar-refractivity contribution in [3.05, 3.63) is 51.4 Å². The molecule has 0 spiro atoms. The second kappa shape index (κ2) is 9.63. The smallest absolute Gasteiger partial charge is 0.289 e. The number of rotatable bonds is 9. The van der Waals surface area contributed by atoms with Crippen molar-refractivity contribution in [3.8, 4) is 11.5 Å². The van der Waals surface area contributed by atoms with Gasteiger partial charge < -0.3 is 14.2 Å². The van der Waals surface area contributed by atoms with E-state index in [1.54, 1.807) is 0 Å². The Morgan fingerprint density at radius 1 is 1.10 bits per heavy atom. The van der Waals surface area contributed by atoms with Gasteiger partial charge in [0.2, 0.25) is 0 Å². The highest BCUT2D eigenvalue weighted by atomic mass is 35.5. The lowest BCUT2D eigenvalue weighted by molar-refractivity contribution is -0.00301. The van der Waals surface area contributed by atoms with Gasteiger partial charge in [-0.3, -0.25) is 4.79 Å². The molecule has 6 nitrogen and oxygen atoms in total. The van der Waals surface area contributed by atoms with Crippen LogP contribution in [0.15, 0.2) is 35.3 Å². The van der Waals surface area contributed by atoms with Gasteiger partial charge in [0.05, 0.1) is 18.3 Å². The van der Waals surface area contributed by atoms with Crippen molar-refractivity contribution in [1.29, 1.82) is 0 Å². The molecule has 0 saturated heterocycles. The van der Waals surface area contributed by atoms with Crippen LogP contribution in [0.2, 0.25) is 5.02 Å². The summed E-state index contributed by atoms with van der Waals surface area (Å²) in [5.41, 5.74) is -0.310. The summed E-state index contributed by atoms with van der Waals surface area (Å²) in [7, 11) is 0. The van der Waals surface area contributed by atoms with Gasteiger partial charge in [-0.25, -0.2) is 4.68 Å². The van der Waals surface area contributed by atoms with E-state index >= 15 is 0 Å². The van der Waals surface area contributed by atoms with E-state index in [9.17, 15) is 4.79 Å². The molecule has 0 aliphatic carbocycles. The van der Waals surface area contributed by atoms with Crippen LogP contribution in [0, 0.1) is 0 Å². The largest absolute Gasteiger partial charge is 0.485 e. The molecule has 0 aliphatic rings. The Kier molecular flexibility index (Phi) is 7.72. The van der Waals surface area contributed by atoms with Gasteiger partial charge in [-0.15, -0.1) is 0 Å². The van der Waals surface area contributed by atoms with E-state index in [1.165, 1.54) is 10.9 Å². The molecular formula is C22H31ClN2O4. The van der Waals surface area contributed by atoms with E-state index in [4.69, 9.17) is 25.8 Å². The second-order valence-corrected chi connectivity index (χ2v) is 8.94. The van der Waals surface area contributed by atoms with Crippen LogP contribution in [0.4, 0.5) is 0 Å². The number of hydrogen-bond donors (Lipinski definition) is 0. The van der Waals surface area contributed by atoms with E-state index in [0.717, 1.165) is 24.3 Å². The standard InChI is InChI=1S/C22H31ClN2O4/c1-7-12-27-15-22(5,6)29-17-10-8-16(9-11-17)14-28-18-13-24-25(21(2,3)4)20(26)19(18)23/h8-11,13H,7,12,14-15H2,1-6H3. The first-order chi connectivity index (χ1) is 13.5. The molecule has 0 radical (unpaired) electrons. The fourth-order valence-corrected chi connectivity index (χ4v) is 2.81. The van der Waals surface area contributed by atoms with Gasteiger partial charge in [-0.1, -0.05) is 30.7 Å². The van der Waals surface area contributed by atoms with Gasteiger partial charge in [-0.2, -0.15) is 5.10 Å². The van der Waals surface area contributed by atoms with Crippen LogP contribution in [0.1, 0.15) is 53.5 Å². The molecule has 2 aromatic rings. The zero-order chi connectivity index (χ0) is 21.7. The third-order valence-electron chi connectivity index (χ3n) is 4.03. The molecule has 2 rings (SSSR count). The average molecular weight is 423 g/mol. The molecule has 0 saturated carbocycles. The van der Waals surface area contributed by atoms with Crippen LogP contribution in [-0.2, 0) is 16.9 Å². The molecule has 29 heavy (non-hydrogen) atoms. The fraction of sp³-hybridized carbons (Fsp3) is 0.545. The minimum absolute atomic E-state index is 0.0312. The highest BCUT2D eigenvalue weighted by molar-refractivity contribution is 6.31. The lowest BCUT2D eigenvalue weighted by Gasteiger charge is -2.26. The van der Waals surface area contributed by atoms with Crippen LogP contribution in [0.25, 0.3) is 0 Å². The predicted octanol–water partition coefficient (Wildman–Crippen LogP) is 4.81. The third kappa shape index (κ3) is 6.75. The van der Waals surface area contributed by atoms with E-state index in [-0.39, 0.29) is 22.9 Å². The molecule has 1 aromatic heterocycles. The summed E-state index contributed by atoms with van der Waals surface area (Å²) in [5, 5.41) is 4.20. The first kappa shape index (κ1) is 23.2. The molecule has 1 aromatic carbocycles.